The largest absolute Gasteiger partial charge is 0.378 e. The summed E-state index contributed by atoms with van der Waals surface area (Å²) in [7, 11) is -2.36. The molecule has 0 saturated carbocycles. The quantitative estimate of drug-likeness (QED) is 0.168. The van der Waals surface area contributed by atoms with Gasteiger partial charge in [-0.15, -0.1) is 5.11 Å². The number of sulfone groups is 1. The lowest BCUT2D eigenvalue weighted by Gasteiger charge is -2.21. The van der Waals surface area contributed by atoms with Crippen LogP contribution >= 0.6 is 0 Å². The van der Waals surface area contributed by atoms with Gasteiger partial charge in [0, 0.05) is 33.9 Å². The van der Waals surface area contributed by atoms with Gasteiger partial charge in [0.2, 0.25) is 9.84 Å². The maximum absolute atomic E-state index is 13.7. The number of hydrogen-bond acceptors (Lipinski definition) is 10. The van der Waals surface area contributed by atoms with Gasteiger partial charge < -0.3 is 9.80 Å². The van der Waals surface area contributed by atoms with E-state index >= 15 is 0 Å². The van der Waals surface area contributed by atoms with E-state index in [2.05, 4.69) is 20.5 Å². The van der Waals surface area contributed by atoms with Crippen molar-refractivity contribution in [3.63, 3.8) is 0 Å². The van der Waals surface area contributed by atoms with Crippen molar-refractivity contribution < 1.29 is 21.4 Å². The van der Waals surface area contributed by atoms with E-state index in [0.717, 1.165) is 5.69 Å². The van der Waals surface area contributed by atoms with Crippen LogP contribution in [0.25, 0.3) is 0 Å². The van der Waals surface area contributed by atoms with Crippen LogP contribution in [0.15, 0.2) is 126 Å². The van der Waals surface area contributed by atoms with Crippen LogP contribution < -0.4 is 9.80 Å². The van der Waals surface area contributed by atoms with Crippen molar-refractivity contribution >= 4 is 54.1 Å². The van der Waals surface area contributed by atoms with Crippen LogP contribution in [-0.2, 0) is 20.0 Å². The molecule has 13 heteroatoms. The van der Waals surface area contributed by atoms with Gasteiger partial charge in [-0.1, -0.05) is 18.2 Å². The van der Waals surface area contributed by atoms with Gasteiger partial charge in [-0.05, 0) is 72.8 Å². The summed E-state index contributed by atoms with van der Waals surface area (Å²) in [5, 5.41) is 16.4. The van der Waals surface area contributed by atoms with E-state index in [1.807, 2.05) is 43.3 Å². The van der Waals surface area contributed by atoms with Crippen molar-refractivity contribution in [3.8, 4) is 0 Å². The molecule has 0 fully saturated rings. The molecule has 4 rings (SSSR count). The normalized spacial score (nSPS) is 12.2. The van der Waals surface area contributed by atoms with Gasteiger partial charge >= 0.3 is 0 Å². The van der Waals surface area contributed by atoms with Crippen LogP contribution in [0.4, 0.5) is 34.1 Å². The summed E-state index contributed by atoms with van der Waals surface area (Å²) in [6.07, 6.45) is 0. The molecule has 0 aromatic heterocycles. The van der Waals surface area contributed by atoms with Gasteiger partial charge in [0.05, 0.1) is 32.5 Å². The third kappa shape index (κ3) is 6.82. The predicted molar refractivity (Wildman–Crippen MR) is 158 cm³/mol. The van der Waals surface area contributed by atoms with Gasteiger partial charge in [0.15, 0.2) is 0 Å². The Morgan fingerprint density at radius 2 is 1.10 bits per heavy atom. The SMILES string of the molecule is CN(C)c1ccc(N=Nc2ccc(S(=O)(=O)c3ccc(N=Nc4ccccc4)c(S(=O)(=O)O)c3N(C)C)cc2)cc1. The van der Waals surface area contributed by atoms with Crippen LogP contribution in [-0.4, -0.2) is 49.6 Å². The molecule has 0 unspecified atom stereocenters. The summed E-state index contributed by atoms with van der Waals surface area (Å²) in [5.74, 6) is 0. The summed E-state index contributed by atoms with van der Waals surface area (Å²) in [5.41, 5.74) is 2.05. The molecule has 212 valence electrons. The average molecular weight is 593 g/mol. The fourth-order valence-electron chi connectivity index (χ4n) is 3.87. The van der Waals surface area contributed by atoms with E-state index in [-0.39, 0.29) is 21.2 Å². The Balaban J connectivity index is 1.71. The smallest absolute Gasteiger partial charge is 0.298 e. The first-order valence-corrected chi connectivity index (χ1v) is 15.1. The zero-order chi connectivity index (χ0) is 29.8. The fourth-order valence-corrected chi connectivity index (χ4v) is 6.38. The topological polar surface area (TPSA) is 144 Å². The molecule has 0 spiro atoms. The van der Waals surface area contributed by atoms with Crippen molar-refractivity contribution in [1.29, 1.82) is 0 Å². The molecule has 0 aliphatic carbocycles. The lowest BCUT2D eigenvalue weighted by Crippen LogP contribution is -2.18. The Morgan fingerprint density at radius 1 is 0.585 bits per heavy atom. The second-order valence-electron chi connectivity index (χ2n) is 9.27. The standard InChI is InChI=1S/C28H28N6O5S2/c1-33(2)23-14-10-21(11-15-23)29-30-22-12-16-24(17-13-22)40(35,36)26-19-18-25(32-31-20-8-6-5-7-9-20)28(41(37,38)39)27(26)34(3)4/h5-19H,1-4H3,(H,37,38,39). The van der Waals surface area contributed by atoms with Gasteiger partial charge in [0.25, 0.3) is 10.1 Å². The van der Waals surface area contributed by atoms with Crippen molar-refractivity contribution in [2.24, 2.45) is 20.5 Å². The van der Waals surface area contributed by atoms with Crippen LogP contribution in [0.3, 0.4) is 0 Å². The molecule has 0 radical (unpaired) electrons. The second-order valence-corrected chi connectivity index (χ2v) is 12.6. The molecule has 41 heavy (non-hydrogen) atoms. The molecule has 0 saturated heterocycles. The third-order valence-electron chi connectivity index (χ3n) is 5.89. The number of anilines is 2. The van der Waals surface area contributed by atoms with E-state index < -0.39 is 24.9 Å². The first-order valence-electron chi connectivity index (χ1n) is 12.2. The third-order valence-corrected chi connectivity index (χ3v) is 8.61. The minimum absolute atomic E-state index is 0.102. The van der Waals surface area contributed by atoms with Gasteiger partial charge in [0.1, 0.15) is 10.6 Å². The van der Waals surface area contributed by atoms with E-state index in [1.165, 1.54) is 55.4 Å². The average Bonchev–Trinajstić information content (AvgIpc) is 2.94. The van der Waals surface area contributed by atoms with Gasteiger partial charge in [-0.2, -0.15) is 23.8 Å². The summed E-state index contributed by atoms with van der Waals surface area (Å²) in [6.45, 7) is 0. The van der Waals surface area contributed by atoms with Crippen molar-refractivity contribution in [2.75, 3.05) is 38.0 Å². The molecule has 0 bridgehead atoms. The first-order chi connectivity index (χ1) is 19.4. The minimum Gasteiger partial charge on any atom is -0.378 e. The lowest BCUT2D eigenvalue weighted by molar-refractivity contribution is 0.483. The maximum atomic E-state index is 13.7. The zero-order valence-corrected chi connectivity index (χ0v) is 24.4. The predicted octanol–water partition coefficient (Wildman–Crippen LogP) is 6.73. The Morgan fingerprint density at radius 3 is 1.61 bits per heavy atom. The minimum atomic E-state index is -4.92. The van der Waals surface area contributed by atoms with Crippen molar-refractivity contribution in [2.45, 2.75) is 14.7 Å². The first kappa shape index (κ1) is 29.5. The summed E-state index contributed by atoms with van der Waals surface area (Å²) >= 11 is 0. The molecule has 0 amide bonds. The van der Waals surface area contributed by atoms with Gasteiger partial charge in [-0.25, -0.2) is 8.42 Å². The van der Waals surface area contributed by atoms with E-state index in [9.17, 15) is 21.4 Å². The summed E-state index contributed by atoms with van der Waals surface area (Å²) in [4.78, 5) is 2.15. The number of rotatable bonds is 9. The van der Waals surface area contributed by atoms with E-state index in [0.29, 0.717) is 17.1 Å². The second kappa shape index (κ2) is 12.0. The molecule has 0 aliphatic rings. The van der Waals surface area contributed by atoms with Crippen LogP contribution in [0.5, 0.6) is 0 Å². The monoisotopic (exact) mass is 592 g/mol. The Kier molecular flexibility index (Phi) is 8.61. The number of benzene rings is 4. The molecular formula is C28H28N6O5S2. The lowest BCUT2D eigenvalue weighted by atomic mass is 10.2. The Hall–Kier alpha value is -4.46. The highest BCUT2D eigenvalue weighted by Crippen LogP contribution is 2.41. The molecule has 0 heterocycles. The highest BCUT2D eigenvalue weighted by Gasteiger charge is 2.31. The Bertz CT molecular complexity index is 1800. The van der Waals surface area contributed by atoms with Crippen LogP contribution in [0, 0.1) is 0 Å². The molecular weight excluding hydrogens is 564 g/mol. The number of nitrogens with zero attached hydrogens (tertiary/aromatic N) is 6. The maximum Gasteiger partial charge on any atom is 0.298 e. The Labute approximate surface area is 239 Å². The molecule has 4 aromatic carbocycles. The van der Waals surface area contributed by atoms with Crippen LogP contribution in [0.2, 0.25) is 0 Å². The van der Waals surface area contributed by atoms with Gasteiger partial charge in [-0.3, -0.25) is 4.55 Å². The highest BCUT2D eigenvalue weighted by atomic mass is 32.2. The van der Waals surface area contributed by atoms with E-state index in [1.54, 1.807) is 30.3 Å². The molecule has 0 atom stereocenters. The molecule has 11 nitrogen and oxygen atoms in total. The highest BCUT2D eigenvalue weighted by molar-refractivity contribution is 7.91. The molecule has 4 aromatic rings. The van der Waals surface area contributed by atoms with E-state index in [4.69, 9.17) is 0 Å². The number of azo groups is 2. The summed E-state index contributed by atoms with van der Waals surface area (Å²) in [6, 6.07) is 24.1. The number of hydrogen-bond donors (Lipinski definition) is 1. The fraction of sp³-hybridized carbons (Fsp3) is 0.143. The van der Waals surface area contributed by atoms with Crippen molar-refractivity contribution in [1.82, 2.24) is 0 Å². The summed E-state index contributed by atoms with van der Waals surface area (Å²) < 4.78 is 62.5. The van der Waals surface area contributed by atoms with Crippen LogP contribution in [0.1, 0.15) is 0 Å². The van der Waals surface area contributed by atoms with Crippen molar-refractivity contribution in [3.05, 3.63) is 91.0 Å². The molecule has 0 aliphatic heterocycles. The molecule has 1 N–H and O–H groups in total. The zero-order valence-electron chi connectivity index (χ0n) is 22.7.